The van der Waals surface area contributed by atoms with E-state index in [1.165, 1.54) is 12.1 Å². The third-order valence-corrected chi connectivity index (χ3v) is 5.05. The molecule has 5 nitrogen and oxygen atoms in total. The summed E-state index contributed by atoms with van der Waals surface area (Å²) in [5.74, 6) is -0.856. The molecule has 10 heteroatoms. The van der Waals surface area contributed by atoms with Crippen molar-refractivity contribution < 1.29 is 31.4 Å². The number of aliphatic hydroxyl groups is 1. The van der Waals surface area contributed by atoms with Gasteiger partial charge in [-0.05, 0) is 42.3 Å². The fourth-order valence-electron chi connectivity index (χ4n) is 1.99. The fourth-order valence-corrected chi connectivity index (χ4v) is 3.56. The minimum absolute atomic E-state index is 0.146. The number of sulfonamides is 1. The first-order valence-electron chi connectivity index (χ1n) is 6.80. The molecule has 0 aliphatic heterocycles. The van der Waals surface area contributed by atoms with Gasteiger partial charge in [0.25, 0.3) is 10.0 Å². The zero-order valence-electron chi connectivity index (χ0n) is 12.8. The van der Waals surface area contributed by atoms with Gasteiger partial charge in [-0.1, -0.05) is 28.1 Å². The molecule has 136 valence electrons. The van der Waals surface area contributed by atoms with E-state index in [-0.39, 0.29) is 16.8 Å². The number of benzene rings is 2. The second-order valence-electron chi connectivity index (χ2n) is 5.05. The number of aliphatic hydroxyl groups excluding tert-OH is 1. The smallest absolute Gasteiger partial charge is 0.404 e. The van der Waals surface area contributed by atoms with Gasteiger partial charge in [0.15, 0.2) is 5.75 Å². The Labute approximate surface area is 150 Å². The molecular weight excluding hydrogens is 427 g/mol. The molecule has 0 radical (unpaired) electrons. The lowest BCUT2D eigenvalue weighted by Gasteiger charge is -2.16. The predicted molar refractivity (Wildman–Crippen MR) is 88.7 cm³/mol. The first-order valence-corrected chi connectivity index (χ1v) is 9.08. The minimum atomic E-state index is -5.04. The Balaban J connectivity index is 2.47. The van der Waals surface area contributed by atoms with Gasteiger partial charge >= 0.3 is 6.36 Å². The lowest BCUT2D eigenvalue weighted by atomic mass is 10.1. The summed E-state index contributed by atoms with van der Waals surface area (Å²) in [6.07, 6.45) is -5.04. The summed E-state index contributed by atoms with van der Waals surface area (Å²) in [6, 6.07) is 7.78. The Bertz CT molecular complexity index is 885. The molecular formula is C15H13BrF3NO4S. The third-order valence-electron chi connectivity index (χ3n) is 3.15. The van der Waals surface area contributed by atoms with Crippen molar-refractivity contribution in [2.24, 2.45) is 0 Å². The van der Waals surface area contributed by atoms with E-state index >= 15 is 0 Å². The molecule has 2 N–H and O–H groups in total. The van der Waals surface area contributed by atoms with E-state index in [2.05, 4.69) is 25.4 Å². The Morgan fingerprint density at radius 2 is 1.88 bits per heavy atom. The van der Waals surface area contributed by atoms with Crippen molar-refractivity contribution in [2.45, 2.75) is 24.8 Å². The van der Waals surface area contributed by atoms with Gasteiger partial charge in [-0.15, -0.1) is 13.2 Å². The van der Waals surface area contributed by atoms with E-state index in [0.29, 0.717) is 11.1 Å². The molecule has 0 atom stereocenters. The van der Waals surface area contributed by atoms with Gasteiger partial charge in [0.1, 0.15) is 4.90 Å². The second kappa shape index (κ2) is 7.22. The molecule has 0 aromatic heterocycles. The van der Waals surface area contributed by atoms with Gasteiger partial charge in [-0.2, -0.15) is 0 Å². The monoisotopic (exact) mass is 439 g/mol. The highest BCUT2D eigenvalue weighted by atomic mass is 79.9. The van der Waals surface area contributed by atoms with Crippen LogP contribution in [0.3, 0.4) is 0 Å². The van der Waals surface area contributed by atoms with Gasteiger partial charge < -0.3 is 9.84 Å². The molecule has 0 amide bonds. The summed E-state index contributed by atoms with van der Waals surface area (Å²) < 4.78 is 69.0. The molecule has 25 heavy (non-hydrogen) atoms. The summed E-state index contributed by atoms with van der Waals surface area (Å²) in [7, 11) is -4.36. The van der Waals surface area contributed by atoms with Crippen molar-refractivity contribution in [3.05, 3.63) is 52.0 Å². The molecule has 2 rings (SSSR count). The van der Waals surface area contributed by atoms with Crippen LogP contribution in [0, 0.1) is 6.92 Å². The van der Waals surface area contributed by atoms with Crippen LogP contribution in [0.5, 0.6) is 5.75 Å². The van der Waals surface area contributed by atoms with Crippen LogP contribution in [0.25, 0.3) is 0 Å². The van der Waals surface area contributed by atoms with Gasteiger partial charge in [-0.3, -0.25) is 4.72 Å². The predicted octanol–water partition coefficient (Wildman–Crippen LogP) is 3.95. The SMILES string of the molecule is Cc1ccc(CO)cc1NS(=O)(=O)c1ccc(Br)cc1OC(F)(F)F. The average molecular weight is 440 g/mol. The summed E-state index contributed by atoms with van der Waals surface area (Å²) in [5.41, 5.74) is 1.13. The van der Waals surface area contributed by atoms with E-state index < -0.39 is 27.0 Å². The van der Waals surface area contributed by atoms with Gasteiger partial charge in [0.2, 0.25) is 0 Å². The highest BCUT2D eigenvalue weighted by Crippen LogP contribution is 2.33. The van der Waals surface area contributed by atoms with E-state index in [0.717, 1.165) is 12.1 Å². The summed E-state index contributed by atoms with van der Waals surface area (Å²) in [6.45, 7) is 1.31. The fraction of sp³-hybridized carbons (Fsp3) is 0.200. The van der Waals surface area contributed by atoms with Crippen LogP contribution in [-0.2, 0) is 16.6 Å². The van der Waals surface area contributed by atoms with Crippen molar-refractivity contribution in [1.29, 1.82) is 0 Å². The number of alkyl halides is 3. The lowest BCUT2D eigenvalue weighted by molar-refractivity contribution is -0.275. The van der Waals surface area contributed by atoms with E-state index in [9.17, 15) is 21.6 Å². The molecule has 0 saturated heterocycles. The number of halogens is 4. The highest BCUT2D eigenvalue weighted by molar-refractivity contribution is 9.10. The number of aryl methyl sites for hydroxylation is 1. The van der Waals surface area contributed by atoms with Crippen molar-refractivity contribution in [2.75, 3.05) is 4.72 Å². The Kier molecular flexibility index (Phi) is 5.65. The molecule has 0 heterocycles. The Morgan fingerprint density at radius 1 is 1.20 bits per heavy atom. The highest BCUT2D eigenvalue weighted by Gasteiger charge is 2.34. The average Bonchev–Trinajstić information content (AvgIpc) is 2.47. The maximum atomic E-state index is 12.6. The van der Waals surface area contributed by atoms with Crippen LogP contribution in [0.2, 0.25) is 0 Å². The molecule has 0 saturated carbocycles. The number of ether oxygens (including phenoxy) is 1. The van der Waals surface area contributed by atoms with Crippen molar-refractivity contribution in [3.8, 4) is 5.75 Å². The van der Waals surface area contributed by atoms with E-state index in [1.54, 1.807) is 19.1 Å². The molecule has 0 bridgehead atoms. The summed E-state index contributed by atoms with van der Waals surface area (Å²) >= 11 is 2.98. The zero-order chi connectivity index (χ0) is 18.8. The Morgan fingerprint density at radius 3 is 2.48 bits per heavy atom. The van der Waals surface area contributed by atoms with Crippen molar-refractivity contribution in [1.82, 2.24) is 0 Å². The number of anilines is 1. The lowest BCUT2D eigenvalue weighted by Crippen LogP contribution is -2.21. The van der Waals surface area contributed by atoms with Gasteiger partial charge in [0.05, 0.1) is 12.3 Å². The summed E-state index contributed by atoms with van der Waals surface area (Å²) in [4.78, 5) is -0.665. The van der Waals surface area contributed by atoms with Gasteiger partial charge in [-0.25, -0.2) is 8.42 Å². The first kappa shape index (κ1) is 19.5. The standard InChI is InChI=1S/C15H13BrF3NO4S/c1-9-2-3-10(8-21)6-12(9)20-25(22,23)14-5-4-11(16)7-13(14)24-15(17,18)19/h2-7,20-21H,8H2,1H3. The van der Waals surface area contributed by atoms with Crippen LogP contribution in [0.1, 0.15) is 11.1 Å². The number of rotatable bonds is 5. The largest absolute Gasteiger partial charge is 0.573 e. The third kappa shape index (κ3) is 5.10. The molecule has 0 fully saturated rings. The van der Waals surface area contributed by atoms with Crippen LogP contribution in [0.4, 0.5) is 18.9 Å². The number of hydrogen-bond acceptors (Lipinski definition) is 4. The molecule has 2 aromatic rings. The van der Waals surface area contributed by atoms with E-state index in [4.69, 9.17) is 5.11 Å². The second-order valence-corrected chi connectivity index (χ2v) is 7.62. The summed E-state index contributed by atoms with van der Waals surface area (Å²) in [5, 5.41) is 9.14. The number of nitrogens with one attached hydrogen (secondary N) is 1. The molecule has 0 aliphatic carbocycles. The first-order chi connectivity index (χ1) is 11.5. The van der Waals surface area contributed by atoms with Crippen molar-refractivity contribution in [3.63, 3.8) is 0 Å². The quantitative estimate of drug-likeness (QED) is 0.739. The van der Waals surface area contributed by atoms with Crippen molar-refractivity contribution >= 4 is 31.6 Å². The van der Waals surface area contributed by atoms with E-state index in [1.807, 2.05) is 0 Å². The normalized spacial score (nSPS) is 12.1. The van der Waals surface area contributed by atoms with Crippen LogP contribution < -0.4 is 9.46 Å². The van der Waals surface area contributed by atoms with Crippen LogP contribution in [0.15, 0.2) is 45.8 Å². The molecule has 0 unspecified atom stereocenters. The van der Waals surface area contributed by atoms with Crippen LogP contribution >= 0.6 is 15.9 Å². The van der Waals surface area contributed by atoms with Gasteiger partial charge in [0, 0.05) is 4.47 Å². The maximum Gasteiger partial charge on any atom is 0.573 e. The maximum absolute atomic E-state index is 12.6. The molecule has 0 aliphatic rings. The molecule has 0 spiro atoms. The minimum Gasteiger partial charge on any atom is -0.404 e. The zero-order valence-corrected chi connectivity index (χ0v) is 15.2. The number of hydrogen-bond donors (Lipinski definition) is 2. The Hall–Kier alpha value is -1.78. The van der Waals surface area contributed by atoms with Crippen LogP contribution in [-0.4, -0.2) is 19.9 Å². The molecule has 2 aromatic carbocycles. The topological polar surface area (TPSA) is 75.6 Å².